The number of hydrogen-bond acceptors (Lipinski definition) is 2. The highest BCUT2D eigenvalue weighted by Crippen LogP contribution is 2.36. The Kier molecular flexibility index (Phi) is 3.12. The van der Waals surface area contributed by atoms with Gasteiger partial charge in [0.2, 0.25) is 5.91 Å². The topological polar surface area (TPSA) is 32.3 Å². The van der Waals surface area contributed by atoms with Crippen LogP contribution in [-0.2, 0) is 4.79 Å². The number of carbonyl (C=O) groups excluding carboxylic acids is 1. The molecule has 2 saturated heterocycles. The third kappa shape index (κ3) is 2.35. The number of fused-ring (bicyclic) bond motifs is 2. The average Bonchev–Trinajstić information content (AvgIpc) is 2.90. The molecule has 2 aliphatic heterocycles. The molecule has 1 saturated carbocycles. The fourth-order valence-corrected chi connectivity index (χ4v) is 3.51. The monoisotopic (exact) mass is 236 g/mol. The molecule has 3 heteroatoms. The van der Waals surface area contributed by atoms with Gasteiger partial charge >= 0.3 is 0 Å². The number of hydrogen-bond donors (Lipinski definition) is 1. The summed E-state index contributed by atoms with van der Waals surface area (Å²) in [7, 11) is 0. The van der Waals surface area contributed by atoms with Gasteiger partial charge in [0.05, 0.1) is 5.92 Å². The molecule has 3 nitrogen and oxygen atoms in total. The molecule has 3 rings (SSSR count). The van der Waals surface area contributed by atoms with Crippen molar-refractivity contribution in [1.29, 1.82) is 0 Å². The predicted molar refractivity (Wildman–Crippen MR) is 67.6 cm³/mol. The van der Waals surface area contributed by atoms with Crippen LogP contribution in [0.1, 0.15) is 45.4 Å². The Hall–Kier alpha value is -0.570. The lowest BCUT2D eigenvalue weighted by Crippen LogP contribution is -2.42. The molecule has 2 bridgehead atoms. The standard InChI is InChI=1S/C14H24N2O/c1-2-7-16(9-10-3-4-10)14(17)12-8-11-5-6-13(12)15-11/h10-13,15H,2-9H2,1H3. The van der Waals surface area contributed by atoms with E-state index in [1.54, 1.807) is 0 Å². The van der Waals surface area contributed by atoms with E-state index in [1.165, 1.54) is 25.7 Å². The van der Waals surface area contributed by atoms with Crippen LogP contribution in [-0.4, -0.2) is 36.0 Å². The van der Waals surface area contributed by atoms with Gasteiger partial charge in [0.1, 0.15) is 0 Å². The van der Waals surface area contributed by atoms with Crippen LogP contribution in [0.3, 0.4) is 0 Å². The van der Waals surface area contributed by atoms with Gasteiger partial charge in [-0.05, 0) is 44.4 Å². The van der Waals surface area contributed by atoms with Crippen molar-refractivity contribution in [3.8, 4) is 0 Å². The van der Waals surface area contributed by atoms with Gasteiger partial charge in [-0.25, -0.2) is 0 Å². The molecule has 0 aromatic rings. The van der Waals surface area contributed by atoms with E-state index < -0.39 is 0 Å². The summed E-state index contributed by atoms with van der Waals surface area (Å²) in [6.07, 6.45) is 7.35. The molecule has 3 unspecified atom stereocenters. The fraction of sp³-hybridized carbons (Fsp3) is 0.929. The average molecular weight is 236 g/mol. The van der Waals surface area contributed by atoms with Crippen molar-refractivity contribution >= 4 is 5.91 Å². The summed E-state index contributed by atoms with van der Waals surface area (Å²) in [4.78, 5) is 14.7. The van der Waals surface area contributed by atoms with E-state index >= 15 is 0 Å². The zero-order valence-corrected chi connectivity index (χ0v) is 10.8. The fourth-order valence-electron chi connectivity index (χ4n) is 3.51. The van der Waals surface area contributed by atoms with Crippen molar-refractivity contribution in [3.05, 3.63) is 0 Å². The number of nitrogens with one attached hydrogen (secondary N) is 1. The molecule has 0 spiro atoms. The van der Waals surface area contributed by atoms with E-state index in [-0.39, 0.29) is 0 Å². The second-order valence-electron chi connectivity index (χ2n) is 6.12. The van der Waals surface area contributed by atoms with Crippen LogP contribution >= 0.6 is 0 Å². The SMILES string of the molecule is CCCN(CC1CC1)C(=O)C1CC2CCC1N2. The van der Waals surface area contributed by atoms with Gasteiger partial charge in [0.15, 0.2) is 0 Å². The summed E-state index contributed by atoms with van der Waals surface area (Å²) >= 11 is 0. The lowest BCUT2D eigenvalue weighted by atomic mass is 9.88. The number of rotatable bonds is 5. The second-order valence-corrected chi connectivity index (χ2v) is 6.12. The summed E-state index contributed by atoms with van der Waals surface area (Å²) in [5.41, 5.74) is 0. The number of carbonyl (C=O) groups is 1. The molecule has 3 fully saturated rings. The molecule has 2 heterocycles. The van der Waals surface area contributed by atoms with Crippen LogP contribution in [0.4, 0.5) is 0 Å². The Morgan fingerprint density at radius 1 is 1.29 bits per heavy atom. The van der Waals surface area contributed by atoms with Crippen molar-refractivity contribution in [2.75, 3.05) is 13.1 Å². The highest BCUT2D eigenvalue weighted by Gasteiger charge is 2.44. The molecule has 96 valence electrons. The summed E-state index contributed by atoms with van der Waals surface area (Å²) < 4.78 is 0. The van der Waals surface area contributed by atoms with E-state index in [0.717, 1.165) is 31.8 Å². The van der Waals surface area contributed by atoms with Crippen LogP contribution in [0, 0.1) is 11.8 Å². The van der Waals surface area contributed by atoms with Crippen molar-refractivity contribution in [2.24, 2.45) is 11.8 Å². The van der Waals surface area contributed by atoms with E-state index in [0.29, 0.717) is 23.9 Å². The first-order valence-corrected chi connectivity index (χ1v) is 7.32. The molecule has 0 radical (unpaired) electrons. The van der Waals surface area contributed by atoms with Gasteiger partial charge in [0, 0.05) is 25.2 Å². The summed E-state index contributed by atoms with van der Waals surface area (Å²) in [5, 5.41) is 3.58. The van der Waals surface area contributed by atoms with Crippen molar-refractivity contribution < 1.29 is 4.79 Å². The zero-order chi connectivity index (χ0) is 11.8. The lowest BCUT2D eigenvalue weighted by Gasteiger charge is -2.28. The number of amides is 1. The van der Waals surface area contributed by atoms with Crippen LogP contribution in [0.5, 0.6) is 0 Å². The van der Waals surface area contributed by atoms with Gasteiger partial charge in [-0.2, -0.15) is 0 Å². The molecule has 17 heavy (non-hydrogen) atoms. The van der Waals surface area contributed by atoms with Crippen LogP contribution in [0.15, 0.2) is 0 Å². The van der Waals surface area contributed by atoms with Crippen LogP contribution < -0.4 is 5.32 Å². The third-order valence-corrected chi connectivity index (χ3v) is 4.60. The first-order valence-electron chi connectivity index (χ1n) is 7.32. The predicted octanol–water partition coefficient (Wildman–Crippen LogP) is 1.78. The highest BCUT2D eigenvalue weighted by molar-refractivity contribution is 5.80. The Morgan fingerprint density at radius 2 is 2.12 bits per heavy atom. The van der Waals surface area contributed by atoms with Crippen LogP contribution in [0.25, 0.3) is 0 Å². The molecular formula is C14H24N2O. The molecule has 1 aliphatic carbocycles. The van der Waals surface area contributed by atoms with Gasteiger partial charge in [-0.3, -0.25) is 4.79 Å². The Morgan fingerprint density at radius 3 is 2.65 bits per heavy atom. The van der Waals surface area contributed by atoms with Gasteiger partial charge < -0.3 is 10.2 Å². The second kappa shape index (κ2) is 4.60. The molecule has 1 N–H and O–H groups in total. The minimum absolute atomic E-state index is 0.291. The van der Waals surface area contributed by atoms with Crippen molar-refractivity contribution in [1.82, 2.24) is 10.2 Å². The normalized spacial score (nSPS) is 35.2. The number of nitrogens with zero attached hydrogens (tertiary/aromatic N) is 1. The summed E-state index contributed by atoms with van der Waals surface area (Å²) in [6.45, 7) is 4.16. The quantitative estimate of drug-likeness (QED) is 0.789. The zero-order valence-electron chi connectivity index (χ0n) is 10.8. The molecule has 0 aromatic heterocycles. The minimum atomic E-state index is 0.291. The Balaban J connectivity index is 1.61. The molecule has 0 aromatic carbocycles. The van der Waals surface area contributed by atoms with E-state index in [9.17, 15) is 4.79 Å². The van der Waals surface area contributed by atoms with Crippen molar-refractivity contribution in [3.63, 3.8) is 0 Å². The molecule has 3 aliphatic rings. The van der Waals surface area contributed by atoms with Gasteiger partial charge in [-0.15, -0.1) is 0 Å². The molecular weight excluding hydrogens is 212 g/mol. The van der Waals surface area contributed by atoms with Gasteiger partial charge in [0.25, 0.3) is 0 Å². The maximum Gasteiger partial charge on any atom is 0.227 e. The van der Waals surface area contributed by atoms with Gasteiger partial charge in [-0.1, -0.05) is 6.92 Å². The lowest BCUT2D eigenvalue weighted by molar-refractivity contribution is -0.136. The van der Waals surface area contributed by atoms with Crippen molar-refractivity contribution in [2.45, 2.75) is 57.5 Å². The first-order chi connectivity index (χ1) is 8.28. The van der Waals surface area contributed by atoms with E-state index in [1.807, 2.05) is 0 Å². The molecule has 1 amide bonds. The smallest absolute Gasteiger partial charge is 0.227 e. The van der Waals surface area contributed by atoms with E-state index in [4.69, 9.17) is 0 Å². The minimum Gasteiger partial charge on any atom is -0.342 e. The maximum atomic E-state index is 12.6. The Bertz CT molecular complexity index is 301. The first kappa shape index (κ1) is 11.5. The van der Waals surface area contributed by atoms with E-state index in [2.05, 4.69) is 17.1 Å². The highest BCUT2D eigenvalue weighted by atomic mass is 16.2. The maximum absolute atomic E-state index is 12.6. The summed E-state index contributed by atoms with van der Waals surface area (Å²) in [6, 6.07) is 1.13. The summed E-state index contributed by atoms with van der Waals surface area (Å²) in [5.74, 6) is 1.55. The Labute approximate surface area is 104 Å². The third-order valence-electron chi connectivity index (χ3n) is 4.60. The van der Waals surface area contributed by atoms with Crippen LogP contribution in [0.2, 0.25) is 0 Å². The largest absolute Gasteiger partial charge is 0.342 e. The molecule has 3 atom stereocenters.